The Morgan fingerprint density at radius 1 is 1.36 bits per heavy atom. The van der Waals surface area contributed by atoms with Crippen LogP contribution in [-0.2, 0) is 0 Å². The molecule has 14 heavy (non-hydrogen) atoms. The zero-order valence-corrected chi connectivity index (χ0v) is 8.36. The van der Waals surface area contributed by atoms with Crippen LogP contribution in [0.1, 0.15) is 23.7 Å². The fourth-order valence-corrected chi connectivity index (χ4v) is 1.13. The molecule has 0 aromatic heterocycles. The van der Waals surface area contributed by atoms with Crippen LogP contribution in [0.5, 0.6) is 0 Å². The van der Waals surface area contributed by atoms with Gasteiger partial charge < -0.3 is 5.32 Å². The molecule has 0 aliphatic rings. The van der Waals surface area contributed by atoms with Gasteiger partial charge in [0.25, 0.3) is 5.91 Å². The van der Waals surface area contributed by atoms with Gasteiger partial charge >= 0.3 is 0 Å². The largest absolute Gasteiger partial charge is 0.352 e. The van der Waals surface area contributed by atoms with Crippen molar-refractivity contribution in [2.45, 2.75) is 13.3 Å². The Hall–Kier alpha value is -1.57. The van der Waals surface area contributed by atoms with E-state index in [-0.39, 0.29) is 5.91 Å². The minimum atomic E-state index is -0.00453. The highest BCUT2D eigenvalue weighted by Gasteiger charge is 2.01. The van der Waals surface area contributed by atoms with E-state index >= 15 is 0 Å². The second-order valence-electron chi connectivity index (χ2n) is 2.98. The highest BCUT2D eigenvalue weighted by Crippen LogP contribution is 1.97. The van der Waals surface area contributed by atoms with E-state index in [0.717, 1.165) is 6.42 Å². The Morgan fingerprint density at radius 3 is 2.71 bits per heavy atom. The van der Waals surface area contributed by atoms with Crippen LogP contribution in [0.15, 0.2) is 42.5 Å². The summed E-state index contributed by atoms with van der Waals surface area (Å²) in [6.45, 7) is 2.66. The zero-order chi connectivity index (χ0) is 10.2. The Morgan fingerprint density at radius 2 is 2.07 bits per heavy atom. The van der Waals surface area contributed by atoms with Gasteiger partial charge in [0.2, 0.25) is 0 Å². The molecule has 0 radical (unpaired) electrons. The maximum absolute atomic E-state index is 11.5. The summed E-state index contributed by atoms with van der Waals surface area (Å²) in [7, 11) is 0. The van der Waals surface area contributed by atoms with E-state index in [1.807, 2.05) is 49.4 Å². The Bertz CT molecular complexity index is 303. The summed E-state index contributed by atoms with van der Waals surface area (Å²) in [5.74, 6) is -0.00453. The van der Waals surface area contributed by atoms with Crippen molar-refractivity contribution in [3.63, 3.8) is 0 Å². The summed E-state index contributed by atoms with van der Waals surface area (Å²) in [6.07, 6.45) is 4.90. The fraction of sp³-hybridized carbons (Fsp3) is 0.250. The summed E-state index contributed by atoms with van der Waals surface area (Å²) in [6, 6.07) is 9.24. The van der Waals surface area contributed by atoms with Crippen LogP contribution < -0.4 is 5.32 Å². The third kappa shape index (κ3) is 3.44. The Balaban J connectivity index is 2.36. The average Bonchev–Trinajstić information content (AvgIpc) is 2.25. The Labute approximate surface area is 84.6 Å². The minimum absolute atomic E-state index is 0.00453. The number of rotatable bonds is 4. The molecule has 0 saturated heterocycles. The number of benzene rings is 1. The van der Waals surface area contributed by atoms with Gasteiger partial charge in [-0.25, -0.2) is 0 Å². The normalized spacial score (nSPS) is 10.4. The molecular weight excluding hydrogens is 174 g/mol. The standard InChI is InChI=1S/C12H15NO/c1-2-3-7-10-13-12(14)11-8-5-4-6-9-11/h2-6,8-9H,7,10H2,1H3,(H,13,14)/b3-2+. The molecule has 2 heteroatoms. The van der Waals surface area contributed by atoms with Gasteiger partial charge in [-0.2, -0.15) is 0 Å². The molecule has 1 rings (SSSR count). The molecule has 1 amide bonds. The SMILES string of the molecule is C/C=C/CCNC(=O)c1ccccc1. The molecule has 0 saturated carbocycles. The smallest absolute Gasteiger partial charge is 0.251 e. The molecule has 2 nitrogen and oxygen atoms in total. The third-order valence-electron chi connectivity index (χ3n) is 1.87. The molecular formula is C12H15NO. The molecule has 0 aliphatic carbocycles. The lowest BCUT2D eigenvalue weighted by molar-refractivity contribution is 0.0954. The molecule has 0 aliphatic heterocycles. The van der Waals surface area contributed by atoms with Gasteiger partial charge in [0.1, 0.15) is 0 Å². The van der Waals surface area contributed by atoms with Gasteiger partial charge in [-0.15, -0.1) is 0 Å². The average molecular weight is 189 g/mol. The van der Waals surface area contributed by atoms with Crippen molar-refractivity contribution >= 4 is 5.91 Å². The van der Waals surface area contributed by atoms with Crippen molar-refractivity contribution in [2.75, 3.05) is 6.54 Å². The highest BCUT2D eigenvalue weighted by molar-refractivity contribution is 5.94. The van der Waals surface area contributed by atoms with Crippen molar-refractivity contribution < 1.29 is 4.79 Å². The van der Waals surface area contributed by atoms with Crippen LogP contribution in [0.4, 0.5) is 0 Å². The van der Waals surface area contributed by atoms with Crippen molar-refractivity contribution in [1.29, 1.82) is 0 Å². The van der Waals surface area contributed by atoms with Crippen molar-refractivity contribution in [1.82, 2.24) is 5.32 Å². The van der Waals surface area contributed by atoms with Crippen molar-refractivity contribution in [3.05, 3.63) is 48.0 Å². The lowest BCUT2D eigenvalue weighted by Gasteiger charge is -2.02. The van der Waals surface area contributed by atoms with Gasteiger partial charge in [0.05, 0.1) is 0 Å². The maximum atomic E-state index is 11.5. The summed E-state index contributed by atoms with van der Waals surface area (Å²) >= 11 is 0. The molecule has 0 heterocycles. The third-order valence-corrected chi connectivity index (χ3v) is 1.87. The quantitative estimate of drug-likeness (QED) is 0.572. The van der Waals surface area contributed by atoms with Gasteiger partial charge in [-0.1, -0.05) is 30.4 Å². The number of nitrogens with one attached hydrogen (secondary N) is 1. The van der Waals surface area contributed by atoms with E-state index in [4.69, 9.17) is 0 Å². The van der Waals surface area contributed by atoms with Crippen LogP contribution in [0.25, 0.3) is 0 Å². The van der Waals surface area contributed by atoms with E-state index in [1.54, 1.807) is 0 Å². The number of allylic oxidation sites excluding steroid dienone is 1. The topological polar surface area (TPSA) is 29.1 Å². The zero-order valence-electron chi connectivity index (χ0n) is 8.36. The van der Waals surface area contributed by atoms with Gasteiger partial charge in [-0.05, 0) is 25.5 Å². The fourth-order valence-electron chi connectivity index (χ4n) is 1.13. The number of amides is 1. The van der Waals surface area contributed by atoms with Crippen molar-refractivity contribution in [3.8, 4) is 0 Å². The number of carbonyl (C=O) groups is 1. The van der Waals surface area contributed by atoms with Gasteiger partial charge in [0, 0.05) is 12.1 Å². The monoisotopic (exact) mass is 189 g/mol. The van der Waals surface area contributed by atoms with Crippen LogP contribution in [0, 0.1) is 0 Å². The first-order valence-corrected chi connectivity index (χ1v) is 4.79. The summed E-state index contributed by atoms with van der Waals surface area (Å²) in [5, 5.41) is 2.84. The van der Waals surface area contributed by atoms with Gasteiger partial charge in [0.15, 0.2) is 0 Å². The molecule has 1 aromatic rings. The summed E-state index contributed by atoms with van der Waals surface area (Å²) in [5.41, 5.74) is 0.716. The molecule has 74 valence electrons. The lowest BCUT2D eigenvalue weighted by Crippen LogP contribution is -2.23. The molecule has 0 unspecified atom stereocenters. The first-order valence-electron chi connectivity index (χ1n) is 4.79. The molecule has 0 atom stereocenters. The molecule has 1 aromatic carbocycles. The predicted octanol–water partition coefficient (Wildman–Crippen LogP) is 2.38. The van der Waals surface area contributed by atoms with E-state index in [9.17, 15) is 4.79 Å². The second-order valence-corrected chi connectivity index (χ2v) is 2.98. The van der Waals surface area contributed by atoms with Crippen LogP contribution in [0.2, 0.25) is 0 Å². The number of hydrogen-bond donors (Lipinski definition) is 1. The van der Waals surface area contributed by atoms with E-state index in [0.29, 0.717) is 12.1 Å². The summed E-state index contributed by atoms with van der Waals surface area (Å²) < 4.78 is 0. The second kappa shape index (κ2) is 5.97. The van der Waals surface area contributed by atoms with E-state index in [1.165, 1.54) is 0 Å². The first-order chi connectivity index (χ1) is 6.84. The van der Waals surface area contributed by atoms with Gasteiger partial charge in [-0.3, -0.25) is 4.79 Å². The Kier molecular flexibility index (Phi) is 4.48. The molecule has 1 N–H and O–H groups in total. The number of carbonyl (C=O) groups excluding carboxylic acids is 1. The summed E-state index contributed by atoms with van der Waals surface area (Å²) in [4.78, 5) is 11.5. The minimum Gasteiger partial charge on any atom is -0.352 e. The van der Waals surface area contributed by atoms with E-state index < -0.39 is 0 Å². The first kappa shape index (κ1) is 10.5. The van der Waals surface area contributed by atoms with Crippen LogP contribution in [-0.4, -0.2) is 12.5 Å². The molecule has 0 bridgehead atoms. The molecule has 0 fully saturated rings. The van der Waals surface area contributed by atoms with Crippen LogP contribution in [0.3, 0.4) is 0 Å². The predicted molar refractivity (Wildman–Crippen MR) is 58.2 cm³/mol. The lowest BCUT2D eigenvalue weighted by atomic mass is 10.2. The van der Waals surface area contributed by atoms with Crippen molar-refractivity contribution in [2.24, 2.45) is 0 Å². The maximum Gasteiger partial charge on any atom is 0.251 e. The molecule has 0 spiro atoms. The number of hydrogen-bond acceptors (Lipinski definition) is 1. The van der Waals surface area contributed by atoms with E-state index in [2.05, 4.69) is 5.32 Å². The highest BCUT2D eigenvalue weighted by atomic mass is 16.1. The van der Waals surface area contributed by atoms with Crippen LogP contribution >= 0.6 is 0 Å².